The summed E-state index contributed by atoms with van der Waals surface area (Å²) < 4.78 is 2.07. The molecule has 74 valence electrons. The van der Waals surface area contributed by atoms with E-state index in [-0.39, 0.29) is 0 Å². The standard InChI is InChI=1S/C10H7ClN4/c11-10-9-8(13-5-14-10)6(4-12)7-2-1-3-15(7)9/h5H,1-3H2. The van der Waals surface area contributed by atoms with Crippen molar-refractivity contribution in [3.63, 3.8) is 0 Å². The summed E-state index contributed by atoms with van der Waals surface area (Å²) in [5.41, 5.74) is 3.21. The van der Waals surface area contributed by atoms with E-state index in [1.165, 1.54) is 6.33 Å². The molecule has 0 aromatic carbocycles. The molecule has 4 nitrogen and oxygen atoms in total. The van der Waals surface area contributed by atoms with E-state index in [0.717, 1.165) is 30.6 Å². The topological polar surface area (TPSA) is 54.5 Å². The minimum atomic E-state index is 0.435. The Morgan fingerprint density at radius 3 is 3.13 bits per heavy atom. The van der Waals surface area contributed by atoms with Crippen LogP contribution in [0.15, 0.2) is 6.33 Å². The molecule has 0 fully saturated rings. The number of rotatable bonds is 0. The lowest BCUT2D eigenvalue weighted by Crippen LogP contribution is -1.93. The van der Waals surface area contributed by atoms with Gasteiger partial charge in [-0.2, -0.15) is 5.26 Å². The number of aromatic nitrogens is 3. The Labute approximate surface area is 91.1 Å². The molecule has 0 atom stereocenters. The number of nitrogens with zero attached hydrogens (tertiary/aromatic N) is 4. The molecule has 5 heteroatoms. The molecule has 3 heterocycles. The van der Waals surface area contributed by atoms with Crippen molar-refractivity contribution >= 4 is 22.6 Å². The third kappa shape index (κ3) is 1.01. The van der Waals surface area contributed by atoms with Crippen LogP contribution in [0.3, 0.4) is 0 Å². The molecule has 0 unspecified atom stereocenters. The molecule has 0 spiro atoms. The molecule has 0 aliphatic carbocycles. The summed E-state index contributed by atoms with van der Waals surface area (Å²) in [6.07, 6.45) is 3.39. The predicted molar refractivity (Wildman–Crippen MR) is 55.6 cm³/mol. The Bertz CT molecular complexity index is 593. The fourth-order valence-electron chi connectivity index (χ4n) is 2.21. The molecule has 15 heavy (non-hydrogen) atoms. The Morgan fingerprint density at radius 1 is 1.47 bits per heavy atom. The first kappa shape index (κ1) is 8.69. The molecule has 1 aliphatic heterocycles. The third-order valence-electron chi connectivity index (χ3n) is 2.81. The van der Waals surface area contributed by atoms with Gasteiger partial charge in [0, 0.05) is 12.2 Å². The minimum absolute atomic E-state index is 0.435. The van der Waals surface area contributed by atoms with Crippen molar-refractivity contribution in [2.75, 3.05) is 0 Å². The van der Waals surface area contributed by atoms with Gasteiger partial charge in [-0.15, -0.1) is 0 Å². The first-order chi connectivity index (χ1) is 7.33. The van der Waals surface area contributed by atoms with E-state index >= 15 is 0 Å². The maximum atomic E-state index is 9.11. The van der Waals surface area contributed by atoms with E-state index in [1.54, 1.807) is 0 Å². The van der Waals surface area contributed by atoms with Gasteiger partial charge >= 0.3 is 0 Å². The summed E-state index contributed by atoms with van der Waals surface area (Å²) in [6.45, 7) is 0.903. The highest BCUT2D eigenvalue weighted by Crippen LogP contribution is 2.32. The second kappa shape index (κ2) is 2.94. The average Bonchev–Trinajstić information content (AvgIpc) is 2.76. The highest BCUT2D eigenvalue weighted by atomic mass is 35.5. The van der Waals surface area contributed by atoms with E-state index in [4.69, 9.17) is 16.9 Å². The second-order valence-corrected chi connectivity index (χ2v) is 3.91. The summed E-state index contributed by atoms with van der Waals surface area (Å²) in [5, 5.41) is 9.55. The van der Waals surface area contributed by atoms with Crippen molar-refractivity contribution < 1.29 is 0 Å². The molecule has 0 saturated heterocycles. The summed E-state index contributed by atoms with van der Waals surface area (Å²) in [4.78, 5) is 8.09. The van der Waals surface area contributed by atoms with E-state index in [0.29, 0.717) is 16.2 Å². The van der Waals surface area contributed by atoms with Gasteiger partial charge in [0.1, 0.15) is 23.4 Å². The normalized spacial score (nSPS) is 14.1. The van der Waals surface area contributed by atoms with Crippen LogP contribution in [0.25, 0.3) is 11.0 Å². The van der Waals surface area contributed by atoms with Gasteiger partial charge in [0.05, 0.1) is 5.56 Å². The van der Waals surface area contributed by atoms with Crippen LogP contribution >= 0.6 is 11.6 Å². The van der Waals surface area contributed by atoms with Gasteiger partial charge in [-0.05, 0) is 12.8 Å². The fourth-order valence-corrected chi connectivity index (χ4v) is 2.45. The number of fused-ring (bicyclic) bond motifs is 3. The van der Waals surface area contributed by atoms with Gasteiger partial charge in [-0.25, -0.2) is 9.97 Å². The highest BCUT2D eigenvalue weighted by molar-refractivity contribution is 6.33. The molecule has 0 saturated carbocycles. The second-order valence-electron chi connectivity index (χ2n) is 3.55. The Kier molecular flexibility index (Phi) is 1.70. The summed E-state index contributed by atoms with van der Waals surface area (Å²) >= 11 is 6.03. The molecule has 0 radical (unpaired) electrons. The maximum Gasteiger partial charge on any atom is 0.156 e. The number of halogens is 1. The molecule has 1 aliphatic rings. The van der Waals surface area contributed by atoms with Crippen LogP contribution in [-0.4, -0.2) is 14.5 Å². The zero-order valence-corrected chi connectivity index (χ0v) is 8.62. The van der Waals surface area contributed by atoms with E-state index in [9.17, 15) is 0 Å². The smallest absolute Gasteiger partial charge is 0.156 e. The van der Waals surface area contributed by atoms with Crippen molar-refractivity contribution in [2.24, 2.45) is 0 Å². The van der Waals surface area contributed by atoms with Gasteiger partial charge in [0.15, 0.2) is 5.15 Å². The molecule has 2 aromatic heterocycles. The fraction of sp³-hybridized carbons (Fsp3) is 0.300. The molecular weight excluding hydrogens is 212 g/mol. The largest absolute Gasteiger partial charge is 0.339 e. The Hall–Kier alpha value is -1.60. The lowest BCUT2D eigenvalue weighted by molar-refractivity contribution is 0.770. The van der Waals surface area contributed by atoms with Crippen LogP contribution < -0.4 is 0 Å². The Balaban J connectivity index is 2.53. The Morgan fingerprint density at radius 2 is 2.33 bits per heavy atom. The van der Waals surface area contributed by atoms with Gasteiger partial charge in [-0.3, -0.25) is 0 Å². The highest BCUT2D eigenvalue weighted by Gasteiger charge is 2.23. The molecule has 3 rings (SSSR count). The van der Waals surface area contributed by atoms with Crippen molar-refractivity contribution in [2.45, 2.75) is 19.4 Å². The van der Waals surface area contributed by atoms with Crippen molar-refractivity contribution in [1.29, 1.82) is 5.26 Å². The zero-order valence-electron chi connectivity index (χ0n) is 7.87. The lowest BCUT2D eigenvalue weighted by atomic mass is 10.2. The molecule has 0 N–H and O–H groups in total. The average molecular weight is 219 g/mol. The molecule has 2 aromatic rings. The summed E-state index contributed by atoms with van der Waals surface area (Å²) in [7, 11) is 0. The van der Waals surface area contributed by atoms with Crippen LogP contribution in [0.4, 0.5) is 0 Å². The predicted octanol–water partition coefficient (Wildman–Crippen LogP) is 1.90. The number of hydrogen-bond donors (Lipinski definition) is 0. The number of hydrogen-bond acceptors (Lipinski definition) is 3. The first-order valence-corrected chi connectivity index (χ1v) is 5.12. The van der Waals surface area contributed by atoms with E-state index in [1.807, 2.05) is 0 Å². The van der Waals surface area contributed by atoms with E-state index in [2.05, 4.69) is 20.6 Å². The van der Waals surface area contributed by atoms with Gasteiger partial charge in [0.25, 0.3) is 0 Å². The van der Waals surface area contributed by atoms with Crippen LogP contribution in [0.1, 0.15) is 17.7 Å². The van der Waals surface area contributed by atoms with Crippen molar-refractivity contribution in [1.82, 2.24) is 14.5 Å². The summed E-state index contributed by atoms with van der Waals surface area (Å²) in [6, 6.07) is 2.21. The lowest BCUT2D eigenvalue weighted by Gasteiger charge is -1.99. The van der Waals surface area contributed by atoms with E-state index < -0.39 is 0 Å². The van der Waals surface area contributed by atoms with Crippen LogP contribution in [0.5, 0.6) is 0 Å². The van der Waals surface area contributed by atoms with Crippen LogP contribution in [0.2, 0.25) is 5.15 Å². The minimum Gasteiger partial charge on any atom is -0.339 e. The van der Waals surface area contributed by atoms with Gasteiger partial charge in [-0.1, -0.05) is 11.6 Å². The quantitative estimate of drug-likeness (QED) is 0.635. The number of aryl methyl sites for hydroxylation is 1. The molecule has 0 bridgehead atoms. The number of nitriles is 1. The molecular formula is C10H7ClN4. The van der Waals surface area contributed by atoms with Crippen LogP contribution in [-0.2, 0) is 13.0 Å². The van der Waals surface area contributed by atoms with Crippen LogP contribution in [0, 0.1) is 11.3 Å². The third-order valence-corrected chi connectivity index (χ3v) is 3.08. The summed E-state index contributed by atoms with van der Waals surface area (Å²) in [5.74, 6) is 0. The SMILES string of the molecule is N#Cc1c2n(c3c(Cl)ncnc13)CCC2. The first-order valence-electron chi connectivity index (χ1n) is 4.74. The van der Waals surface area contributed by atoms with Crippen molar-refractivity contribution in [3.05, 3.63) is 22.7 Å². The zero-order chi connectivity index (χ0) is 10.4. The van der Waals surface area contributed by atoms with Gasteiger partial charge < -0.3 is 4.57 Å². The van der Waals surface area contributed by atoms with Gasteiger partial charge in [0.2, 0.25) is 0 Å². The van der Waals surface area contributed by atoms with Crippen molar-refractivity contribution in [3.8, 4) is 6.07 Å². The monoisotopic (exact) mass is 218 g/mol. The molecule has 0 amide bonds. The maximum absolute atomic E-state index is 9.11.